The normalized spacial score (nSPS) is 12.7. The van der Waals surface area contributed by atoms with E-state index in [0.717, 1.165) is 23.2 Å². The minimum absolute atomic E-state index is 0.216. The van der Waals surface area contributed by atoms with Crippen LogP contribution < -0.4 is 5.32 Å². The van der Waals surface area contributed by atoms with Crippen LogP contribution >= 0.6 is 27.7 Å². The molecule has 0 heterocycles. The van der Waals surface area contributed by atoms with Crippen molar-refractivity contribution in [3.8, 4) is 0 Å². The number of hydrogen-bond donors (Lipinski definition) is 2. The molecule has 0 amide bonds. The molecule has 0 spiro atoms. The Balaban J connectivity index is 2.80. The Kier molecular flexibility index (Phi) is 7.19. The zero-order valence-corrected chi connectivity index (χ0v) is 12.8. The van der Waals surface area contributed by atoms with Gasteiger partial charge in [0.15, 0.2) is 0 Å². The van der Waals surface area contributed by atoms with Gasteiger partial charge in [-0.2, -0.15) is 0 Å². The molecule has 0 saturated carbocycles. The van der Waals surface area contributed by atoms with Crippen LogP contribution in [0.5, 0.6) is 0 Å². The van der Waals surface area contributed by atoms with Gasteiger partial charge in [-0.1, -0.05) is 28.9 Å². The molecule has 96 valence electrons. The second-order valence-corrected chi connectivity index (χ2v) is 5.98. The van der Waals surface area contributed by atoms with Gasteiger partial charge in [-0.25, -0.2) is 0 Å². The van der Waals surface area contributed by atoms with Gasteiger partial charge < -0.3 is 10.4 Å². The zero-order chi connectivity index (χ0) is 12.7. The number of benzene rings is 1. The smallest absolute Gasteiger partial charge is 0.0525 e. The fourth-order valence-electron chi connectivity index (χ4n) is 1.62. The summed E-state index contributed by atoms with van der Waals surface area (Å²) in [5.74, 6) is 0.740. The number of thioether (sulfide) groups is 1. The van der Waals surface area contributed by atoms with Crippen LogP contribution in [-0.2, 0) is 0 Å². The highest BCUT2D eigenvalue weighted by molar-refractivity contribution is 9.10. The van der Waals surface area contributed by atoms with Crippen LogP contribution in [0.1, 0.15) is 31.9 Å². The number of rotatable bonds is 7. The minimum Gasteiger partial charge on any atom is -0.396 e. The second kappa shape index (κ2) is 8.14. The van der Waals surface area contributed by atoms with E-state index in [9.17, 15) is 0 Å². The molecule has 0 aromatic heterocycles. The first-order valence-electron chi connectivity index (χ1n) is 5.95. The molecule has 0 aliphatic rings. The predicted molar refractivity (Wildman–Crippen MR) is 78.7 cm³/mol. The highest BCUT2D eigenvalue weighted by Crippen LogP contribution is 2.30. The highest BCUT2D eigenvalue weighted by Gasteiger charge is 2.10. The van der Waals surface area contributed by atoms with Gasteiger partial charge in [0.05, 0.1) is 6.61 Å². The molecule has 2 N–H and O–H groups in total. The van der Waals surface area contributed by atoms with Crippen LogP contribution in [0.3, 0.4) is 0 Å². The Labute approximate surface area is 116 Å². The number of hydrogen-bond acceptors (Lipinski definition) is 3. The number of aliphatic hydroxyl groups excluding tert-OH is 1. The summed E-state index contributed by atoms with van der Waals surface area (Å²) in [5.41, 5.74) is 1.31. The summed E-state index contributed by atoms with van der Waals surface area (Å²) in [6, 6.07) is 6.70. The van der Waals surface area contributed by atoms with Gasteiger partial charge in [0.25, 0.3) is 0 Å². The third kappa shape index (κ3) is 5.00. The van der Waals surface area contributed by atoms with Crippen LogP contribution in [-0.4, -0.2) is 24.0 Å². The molecule has 0 aliphatic carbocycles. The number of halogens is 1. The summed E-state index contributed by atoms with van der Waals surface area (Å²) in [6.07, 6.45) is 1.14. The lowest BCUT2D eigenvalue weighted by Gasteiger charge is -2.17. The van der Waals surface area contributed by atoms with E-state index in [-0.39, 0.29) is 6.61 Å². The maximum absolute atomic E-state index is 8.92. The molecule has 0 radical (unpaired) electrons. The van der Waals surface area contributed by atoms with Gasteiger partial charge in [0, 0.05) is 21.2 Å². The summed E-state index contributed by atoms with van der Waals surface area (Å²) in [7, 11) is 0. The quantitative estimate of drug-likeness (QED) is 0.754. The van der Waals surface area contributed by atoms with Crippen molar-refractivity contribution in [2.24, 2.45) is 0 Å². The second-order valence-electron chi connectivity index (χ2n) is 3.93. The van der Waals surface area contributed by atoms with Crippen molar-refractivity contribution < 1.29 is 5.11 Å². The van der Waals surface area contributed by atoms with Crippen LogP contribution in [0.25, 0.3) is 0 Å². The molecule has 1 aromatic rings. The zero-order valence-electron chi connectivity index (χ0n) is 10.4. The molecule has 1 atom stereocenters. The van der Waals surface area contributed by atoms with Crippen LogP contribution in [0, 0.1) is 0 Å². The highest BCUT2D eigenvalue weighted by atomic mass is 79.9. The molecule has 2 nitrogen and oxygen atoms in total. The Morgan fingerprint density at radius 1 is 1.47 bits per heavy atom. The van der Waals surface area contributed by atoms with E-state index in [1.807, 2.05) is 0 Å². The molecule has 4 heteroatoms. The molecule has 17 heavy (non-hydrogen) atoms. The van der Waals surface area contributed by atoms with Gasteiger partial charge in [0.2, 0.25) is 0 Å². The first kappa shape index (κ1) is 15.0. The van der Waals surface area contributed by atoms with E-state index in [1.54, 1.807) is 11.8 Å². The van der Waals surface area contributed by atoms with Gasteiger partial charge in [0.1, 0.15) is 0 Å². The summed E-state index contributed by atoms with van der Waals surface area (Å²) in [5, 5.41) is 12.4. The van der Waals surface area contributed by atoms with Crippen molar-refractivity contribution in [3.05, 3.63) is 28.2 Å². The van der Waals surface area contributed by atoms with Crippen LogP contribution in [0.2, 0.25) is 0 Å². The lowest BCUT2D eigenvalue weighted by atomic mass is 10.1. The maximum Gasteiger partial charge on any atom is 0.0525 e. The fourth-order valence-corrected chi connectivity index (χ4v) is 3.06. The van der Waals surface area contributed by atoms with Crippen molar-refractivity contribution >= 4 is 27.7 Å². The monoisotopic (exact) mass is 317 g/mol. The van der Waals surface area contributed by atoms with E-state index in [4.69, 9.17) is 5.11 Å². The van der Waals surface area contributed by atoms with Gasteiger partial charge >= 0.3 is 0 Å². The summed E-state index contributed by atoms with van der Waals surface area (Å²) in [4.78, 5) is 1.24. The van der Waals surface area contributed by atoms with Crippen molar-refractivity contribution in [1.29, 1.82) is 0 Å². The molecule has 1 unspecified atom stereocenters. The lowest BCUT2D eigenvalue weighted by molar-refractivity contribution is 0.322. The Bertz CT molecular complexity index is 346. The summed E-state index contributed by atoms with van der Waals surface area (Å²) in [6.45, 7) is 5.60. The Hall–Kier alpha value is -0.0300. The van der Waals surface area contributed by atoms with Crippen molar-refractivity contribution in [2.75, 3.05) is 18.9 Å². The first-order chi connectivity index (χ1) is 8.19. The SMILES string of the molecule is CCCNC(C)c1ccc(Br)cc1SCCO. The van der Waals surface area contributed by atoms with Crippen LogP contribution in [0.4, 0.5) is 0 Å². The van der Waals surface area contributed by atoms with Crippen LogP contribution in [0.15, 0.2) is 27.6 Å². The van der Waals surface area contributed by atoms with E-state index >= 15 is 0 Å². The third-order valence-corrected chi connectivity index (χ3v) is 4.04. The van der Waals surface area contributed by atoms with Crippen molar-refractivity contribution in [1.82, 2.24) is 5.32 Å². The predicted octanol–water partition coefficient (Wildman–Crippen LogP) is 3.59. The molecule has 0 fully saturated rings. The molecule has 1 aromatic carbocycles. The molecular weight excluding hydrogens is 298 g/mol. The van der Waals surface area contributed by atoms with Gasteiger partial charge in [-0.05, 0) is 37.6 Å². The lowest BCUT2D eigenvalue weighted by Crippen LogP contribution is -2.19. The maximum atomic E-state index is 8.92. The minimum atomic E-state index is 0.216. The van der Waals surface area contributed by atoms with Gasteiger partial charge in [-0.15, -0.1) is 11.8 Å². The molecule has 0 saturated heterocycles. The van der Waals surface area contributed by atoms with E-state index in [2.05, 4.69) is 53.3 Å². The molecule has 1 rings (SSSR count). The van der Waals surface area contributed by atoms with Crippen molar-refractivity contribution in [2.45, 2.75) is 31.2 Å². The topological polar surface area (TPSA) is 32.3 Å². The summed E-state index contributed by atoms with van der Waals surface area (Å²) < 4.78 is 1.09. The fraction of sp³-hybridized carbons (Fsp3) is 0.538. The van der Waals surface area contributed by atoms with E-state index in [1.165, 1.54) is 10.5 Å². The first-order valence-corrected chi connectivity index (χ1v) is 7.73. The van der Waals surface area contributed by atoms with E-state index < -0.39 is 0 Å². The average molecular weight is 318 g/mol. The summed E-state index contributed by atoms with van der Waals surface area (Å²) >= 11 is 5.20. The van der Waals surface area contributed by atoms with Gasteiger partial charge in [-0.3, -0.25) is 0 Å². The standard InChI is InChI=1S/C13H20BrNOS/c1-3-6-15-10(2)12-5-4-11(14)9-13(12)17-8-7-16/h4-5,9-10,15-16H,3,6-8H2,1-2H3. The third-order valence-electron chi connectivity index (χ3n) is 2.49. The largest absolute Gasteiger partial charge is 0.396 e. The molecular formula is C13H20BrNOS. The number of aliphatic hydroxyl groups is 1. The number of nitrogens with one attached hydrogen (secondary N) is 1. The van der Waals surface area contributed by atoms with Crippen molar-refractivity contribution in [3.63, 3.8) is 0 Å². The Morgan fingerprint density at radius 2 is 2.24 bits per heavy atom. The molecule has 0 aliphatic heterocycles. The van der Waals surface area contributed by atoms with E-state index in [0.29, 0.717) is 6.04 Å². The Morgan fingerprint density at radius 3 is 2.88 bits per heavy atom. The average Bonchev–Trinajstić information content (AvgIpc) is 2.33. The molecule has 0 bridgehead atoms.